The first-order valence-corrected chi connectivity index (χ1v) is 23.3. The minimum atomic E-state index is 0.835. The Kier molecular flexibility index (Phi) is 8.59. The molecule has 14 rings (SSSR count). The summed E-state index contributed by atoms with van der Waals surface area (Å²) in [6.07, 6.45) is 0. The Balaban J connectivity index is 1.06. The summed E-state index contributed by atoms with van der Waals surface area (Å²) in [5.41, 5.74) is 15.6. The first kappa shape index (κ1) is 38.2. The second kappa shape index (κ2) is 15.3. The molecule has 0 unspecified atom stereocenters. The Morgan fingerprint density at radius 3 is 1.53 bits per heavy atom. The van der Waals surface area contributed by atoms with E-state index in [4.69, 9.17) is 9.40 Å². The summed E-state index contributed by atoms with van der Waals surface area (Å²) in [7, 11) is 0. The number of para-hydroxylation sites is 3. The third-order valence-corrected chi connectivity index (χ3v) is 13.9. The van der Waals surface area contributed by atoms with Crippen LogP contribution >= 0.6 is 0 Å². The van der Waals surface area contributed by atoms with Crippen LogP contribution in [0.1, 0.15) is 0 Å². The number of hydrogen-bond acceptors (Lipinski definition) is 2. The Labute approximate surface area is 392 Å². The second-order valence-electron chi connectivity index (χ2n) is 17.8. The summed E-state index contributed by atoms with van der Waals surface area (Å²) in [4.78, 5) is 5.61. The molecule has 0 spiro atoms. The van der Waals surface area contributed by atoms with Crippen molar-refractivity contribution in [1.82, 2.24) is 9.55 Å². The van der Waals surface area contributed by atoms with Crippen LogP contribution in [0.5, 0.6) is 0 Å². The lowest BCUT2D eigenvalue weighted by Crippen LogP contribution is -1.98. The molecule has 0 fully saturated rings. The fraction of sp³-hybridized carbons (Fsp3) is 0. The summed E-state index contributed by atoms with van der Waals surface area (Å²) in [5, 5.41) is 12.1. The summed E-state index contributed by atoms with van der Waals surface area (Å²) in [6, 6.07) is 87.8. The molecule has 3 aromatic heterocycles. The maximum atomic E-state index is 6.65. The highest BCUT2D eigenvalue weighted by Gasteiger charge is 2.20. The molecule has 68 heavy (non-hydrogen) atoms. The zero-order valence-corrected chi connectivity index (χ0v) is 36.9. The number of furan rings is 1. The SMILES string of the molecule is c1ccc(-c2cc(-c3cc(-c4ccc5c6ccccc6c6ccccc6c5c4)cc(-n4c5ccccc5c5ccc(-c6ccccc6)cc54)c3)nc(-c3cccc4c3oc3ccccc34)c2)cc1. The molecule has 0 aliphatic carbocycles. The average molecular weight is 865 g/mol. The van der Waals surface area contributed by atoms with Crippen molar-refractivity contribution in [2.45, 2.75) is 0 Å². The predicted octanol–water partition coefficient (Wildman–Crippen LogP) is 17.9. The van der Waals surface area contributed by atoms with Crippen LogP contribution in [0.2, 0.25) is 0 Å². The summed E-state index contributed by atoms with van der Waals surface area (Å²) in [5.74, 6) is 0. The van der Waals surface area contributed by atoms with E-state index < -0.39 is 0 Å². The second-order valence-corrected chi connectivity index (χ2v) is 17.8. The van der Waals surface area contributed by atoms with Gasteiger partial charge in [0.1, 0.15) is 11.2 Å². The summed E-state index contributed by atoms with van der Waals surface area (Å²) >= 11 is 0. The number of aromatic nitrogens is 2. The number of rotatable bonds is 6. The maximum Gasteiger partial charge on any atom is 0.144 e. The van der Waals surface area contributed by atoms with E-state index in [9.17, 15) is 0 Å². The topological polar surface area (TPSA) is 31.0 Å². The Morgan fingerprint density at radius 2 is 0.794 bits per heavy atom. The fourth-order valence-electron chi connectivity index (χ4n) is 10.8. The Bertz CT molecular complexity index is 4280. The van der Waals surface area contributed by atoms with Crippen molar-refractivity contribution in [2.75, 3.05) is 0 Å². The van der Waals surface area contributed by atoms with Crippen LogP contribution in [-0.4, -0.2) is 9.55 Å². The number of nitrogens with zero attached hydrogens (tertiary/aromatic N) is 2. The summed E-state index contributed by atoms with van der Waals surface area (Å²) in [6.45, 7) is 0. The molecule has 3 nitrogen and oxygen atoms in total. The third kappa shape index (κ3) is 6.10. The minimum absolute atomic E-state index is 0.835. The van der Waals surface area contributed by atoms with Gasteiger partial charge >= 0.3 is 0 Å². The normalized spacial score (nSPS) is 11.8. The van der Waals surface area contributed by atoms with Crippen molar-refractivity contribution in [3.05, 3.63) is 243 Å². The van der Waals surface area contributed by atoms with Crippen LogP contribution in [0.15, 0.2) is 247 Å². The Morgan fingerprint density at radius 1 is 0.279 bits per heavy atom. The van der Waals surface area contributed by atoms with Gasteiger partial charge in [-0.2, -0.15) is 0 Å². The molecule has 14 aromatic rings. The van der Waals surface area contributed by atoms with Crippen molar-refractivity contribution in [3.8, 4) is 61.6 Å². The van der Waals surface area contributed by atoms with Gasteiger partial charge in [0, 0.05) is 38.4 Å². The predicted molar refractivity (Wildman–Crippen MR) is 286 cm³/mol. The monoisotopic (exact) mass is 864 g/mol. The largest absolute Gasteiger partial charge is 0.455 e. The highest BCUT2D eigenvalue weighted by atomic mass is 16.3. The van der Waals surface area contributed by atoms with E-state index in [1.165, 1.54) is 54.2 Å². The van der Waals surface area contributed by atoms with E-state index in [0.29, 0.717) is 0 Å². The van der Waals surface area contributed by atoms with Crippen LogP contribution < -0.4 is 0 Å². The van der Waals surface area contributed by atoms with Gasteiger partial charge in [0.25, 0.3) is 0 Å². The molecule has 316 valence electrons. The summed E-state index contributed by atoms with van der Waals surface area (Å²) < 4.78 is 9.10. The third-order valence-electron chi connectivity index (χ3n) is 13.9. The van der Waals surface area contributed by atoms with Crippen molar-refractivity contribution in [1.29, 1.82) is 0 Å². The Hall–Kier alpha value is -9.05. The van der Waals surface area contributed by atoms with E-state index in [2.05, 4.69) is 235 Å². The van der Waals surface area contributed by atoms with Gasteiger partial charge in [-0.05, 0) is 126 Å². The molecular weight excluding hydrogens is 825 g/mol. The van der Waals surface area contributed by atoms with Gasteiger partial charge < -0.3 is 8.98 Å². The number of benzene rings is 11. The van der Waals surface area contributed by atoms with Crippen LogP contribution in [0.3, 0.4) is 0 Å². The zero-order valence-electron chi connectivity index (χ0n) is 36.9. The number of fused-ring (bicyclic) bond motifs is 12. The average Bonchev–Trinajstić information content (AvgIpc) is 3.97. The first-order chi connectivity index (χ1) is 33.7. The molecule has 3 heteroatoms. The molecular formula is C65H40N2O. The van der Waals surface area contributed by atoms with Crippen molar-refractivity contribution in [3.63, 3.8) is 0 Å². The molecule has 0 radical (unpaired) electrons. The lowest BCUT2D eigenvalue weighted by Gasteiger charge is -2.16. The lowest BCUT2D eigenvalue weighted by molar-refractivity contribution is 0.670. The van der Waals surface area contributed by atoms with E-state index in [0.717, 1.165) is 83.4 Å². The molecule has 0 bridgehead atoms. The molecule has 3 heterocycles. The molecule has 0 N–H and O–H groups in total. The minimum Gasteiger partial charge on any atom is -0.455 e. The van der Waals surface area contributed by atoms with Crippen molar-refractivity contribution >= 4 is 76.1 Å². The maximum absolute atomic E-state index is 6.65. The smallest absolute Gasteiger partial charge is 0.144 e. The van der Waals surface area contributed by atoms with Gasteiger partial charge in [0.05, 0.1) is 22.4 Å². The van der Waals surface area contributed by atoms with Crippen LogP contribution in [-0.2, 0) is 0 Å². The zero-order chi connectivity index (χ0) is 44.7. The van der Waals surface area contributed by atoms with Gasteiger partial charge in [-0.3, -0.25) is 0 Å². The highest BCUT2D eigenvalue weighted by molar-refractivity contribution is 6.26. The van der Waals surface area contributed by atoms with E-state index in [1.54, 1.807) is 0 Å². The molecule has 0 aliphatic rings. The van der Waals surface area contributed by atoms with Gasteiger partial charge in [-0.25, -0.2) is 4.98 Å². The number of hydrogen-bond donors (Lipinski definition) is 0. The molecule has 0 aliphatic heterocycles. The standard InChI is InChI=1S/C65H40N2O/c1-3-16-41(17-4-1)44-31-33-55-54-24-11-13-28-62(54)67(63(55)40-44)48-35-45(43-30-32-53-51-22-8-7-20-49(51)50-21-9-10-23-52(50)59(53)37-43)34-47(36-48)60-38-46(42-18-5-2-6-19-42)39-61(66-60)58-27-15-26-57-56-25-12-14-29-64(56)68-65(57)58/h1-40H. The van der Waals surface area contributed by atoms with E-state index in [1.807, 2.05) is 12.1 Å². The van der Waals surface area contributed by atoms with Gasteiger partial charge in [-0.1, -0.05) is 182 Å². The van der Waals surface area contributed by atoms with Gasteiger partial charge in [-0.15, -0.1) is 0 Å². The lowest BCUT2D eigenvalue weighted by atomic mass is 9.91. The van der Waals surface area contributed by atoms with Gasteiger partial charge in [0.2, 0.25) is 0 Å². The van der Waals surface area contributed by atoms with Crippen LogP contribution in [0.25, 0.3) is 138 Å². The number of pyridine rings is 1. The molecule has 0 amide bonds. The fourth-order valence-corrected chi connectivity index (χ4v) is 10.8. The van der Waals surface area contributed by atoms with E-state index in [-0.39, 0.29) is 0 Å². The van der Waals surface area contributed by atoms with Crippen LogP contribution in [0.4, 0.5) is 0 Å². The molecule has 0 saturated heterocycles. The van der Waals surface area contributed by atoms with Crippen molar-refractivity contribution < 1.29 is 4.42 Å². The quantitative estimate of drug-likeness (QED) is 0.156. The highest BCUT2D eigenvalue weighted by Crippen LogP contribution is 2.43. The molecule has 11 aromatic carbocycles. The van der Waals surface area contributed by atoms with Crippen molar-refractivity contribution in [2.24, 2.45) is 0 Å². The first-order valence-electron chi connectivity index (χ1n) is 23.3. The van der Waals surface area contributed by atoms with Crippen LogP contribution in [0, 0.1) is 0 Å². The van der Waals surface area contributed by atoms with E-state index >= 15 is 0 Å². The molecule has 0 saturated carbocycles. The molecule has 0 atom stereocenters. The van der Waals surface area contributed by atoms with Gasteiger partial charge in [0.15, 0.2) is 0 Å².